The van der Waals surface area contributed by atoms with Gasteiger partial charge >= 0.3 is 0 Å². The van der Waals surface area contributed by atoms with Crippen molar-refractivity contribution in [3.8, 4) is 0 Å². The summed E-state index contributed by atoms with van der Waals surface area (Å²) >= 11 is 15.2. The second kappa shape index (κ2) is 4.94. The molecule has 0 saturated carbocycles. The number of carbonyl (C=O) groups excluding carboxylic acids is 1. The Morgan fingerprint density at radius 2 is 2.25 bits per heavy atom. The SMILES string of the molecule is O=C(c1ccc(Cl)c(Br)c1)N1CCC(Cl)C1. The molecule has 2 nitrogen and oxygen atoms in total. The van der Waals surface area contributed by atoms with Crippen LogP contribution in [-0.2, 0) is 0 Å². The van der Waals surface area contributed by atoms with Crippen LogP contribution in [0.2, 0.25) is 5.02 Å². The lowest BCUT2D eigenvalue weighted by atomic mass is 10.2. The second-order valence-corrected chi connectivity index (χ2v) is 5.64. The van der Waals surface area contributed by atoms with Gasteiger partial charge in [0.25, 0.3) is 5.91 Å². The minimum atomic E-state index is 0.0144. The van der Waals surface area contributed by atoms with Gasteiger partial charge in [-0.1, -0.05) is 11.6 Å². The molecule has 1 aliphatic rings. The molecule has 2 rings (SSSR count). The van der Waals surface area contributed by atoms with Crippen molar-refractivity contribution in [3.05, 3.63) is 33.3 Å². The summed E-state index contributed by atoms with van der Waals surface area (Å²) in [6.45, 7) is 1.36. The Balaban J connectivity index is 2.18. The summed E-state index contributed by atoms with van der Waals surface area (Å²) in [5.74, 6) is 0.0144. The Labute approximate surface area is 113 Å². The number of benzene rings is 1. The van der Waals surface area contributed by atoms with E-state index in [0.29, 0.717) is 17.1 Å². The minimum absolute atomic E-state index is 0.0144. The van der Waals surface area contributed by atoms with Gasteiger partial charge in [0.1, 0.15) is 0 Å². The largest absolute Gasteiger partial charge is 0.337 e. The molecule has 1 saturated heterocycles. The molecule has 86 valence electrons. The Kier molecular flexibility index (Phi) is 3.77. The minimum Gasteiger partial charge on any atom is -0.337 e. The van der Waals surface area contributed by atoms with Gasteiger partial charge in [0.2, 0.25) is 0 Å². The van der Waals surface area contributed by atoms with Crippen LogP contribution in [0.4, 0.5) is 0 Å². The Hall–Kier alpha value is -0.250. The molecule has 1 fully saturated rings. The third-order valence-electron chi connectivity index (χ3n) is 2.58. The first kappa shape index (κ1) is 12.2. The maximum atomic E-state index is 12.1. The molecule has 16 heavy (non-hydrogen) atoms. The van der Waals surface area contributed by atoms with Gasteiger partial charge in [-0.25, -0.2) is 0 Å². The van der Waals surface area contributed by atoms with Crippen molar-refractivity contribution >= 4 is 45.0 Å². The molecule has 0 aliphatic carbocycles. The van der Waals surface area contributed by atoms with Crippen LogP contribution in [0.5, 0.6) is 0 Å². The number of halogens is 3. The predicted molar refractivity (Wildman–Crippen MR) is 69.3 cm³/mol. The van der Waals surface area contributed by atoms with Gasteiger partial charge in [-0.2, -0.15) is 0 Å². The van der Waals surface area contributed by atoms with Gasteiger partial charge in [-0.15, -0.1) is 11.6 Å². The van der Waals surface area contributed by atoms with Crippen LogP contribution in [0.3, 0.4) is 0 Å². The molecule has 0 spiro atoms. The molecule has 1 atom stereocenters. The predicted octanol–water partition coefficient (Wildman–Crippen LogP) is 3.56. The average Bonchev–Trinajstić information content (AvgIpc) is 2.68. The number of likely N-dealkylation sites (tertiary alicyclic amines) is 1. The first-order valence-corrected chi connectivity index (χ1v) is 6.57. The maximum absolute atomic E-state index is 12.1. The van der Waals surface area contributed by atoms with Gasteiger partial charge in [-0.05, 0) is 40.5 Å². The first-order valence-electron chi connectivity index (χ1n) is 4.96. The number of nitrogens with zero attached hydrogens (tertiary/aromatic N) is 1. The molecule has 1 heterocycles. The molecule has 1 unspecified atom stereocenters. The fourth-order valence-corrected chi connectivity index (χ4v) is 2.47. The molecule has 1 aromatic carbocycles. The van der Waals surface area contributed by atoms with Crippen molar-refractivity contribution in [1.29, 1.82) is 0 Å². The average molecular weight is 323 g/mol. The Morgan fingerprint density at radius 1 is 1.50 bits per heavy atom. The smallest absolute Gasteiger partial charge is 0.253 e. The lowest BCUT2D eigenvalue weighted by molar-refractivity contribution is 0.0793. The van der Waals surface area contributed by atoms with Crippen LogP contribution in [-0.4, -0.2) is 29.3 Å². The molecular formula is C11H10BrCl2NO. The highest BCUT2D eigenvalue weighted by atomic mass is 79.9. The van der Waals surface area contributed by atoms with Crippen molar-refractivity contribution in [3.63, 3.8) is 0 Å². The van der Waals surface area contributed by atoms with Gasteiger partial charge in [0.15, 0.2) is 0 Å². The van der Waals surface area contributed by atoms with E-state index in [1.807, 2.05) is 0 Å². The molecule has 1 aromatic rings. The van der Waals surface area contributed by atoms with E-state index in [1.54, 1.807) is 23.1 Å². The summed E-state index contributed by atoms with van der Waals surface area (Å²) in [4.78, 5) is 13.8. The number of hydrogen-bond donors (Lipinski definition) is 0. The number of rotatable bonds is 1. The van der Waals surface area contributed by atoms with E-state index >= 15 is 0 Å². The van der Waals surface area contributed by atoms with Gasteiger partial charge in [-0.3, -0.25) is 4.79 Å². The van der Waals surface area contributed by atoms with Crippen LogP contribution in [0.15, 0.2) is 22.7 Å². The summed E-state index contributed by atoms with van der Waals surface area (Å²) < 4.78 is 0.738. The standard InChI is InChI=1S/C11H10BrCl2NO/c12-9-5-7(1-2-10(9)14)11(16)15-4-3-8(13)6-15/h1-2,5,8H,3-4,6H2. The summed E-state index contributed by atoms with van der Waals surface area (Å²) in [7, 11) is 0. The fraction of sp³-hybridized carbons (Fsp3) is 0.364. The van der Waals surface area contributed by atoms with Gasteiger partial charge < -0.3 is 4.90 Å². The first-order chi connectivity index (χ1) is 7.58. The molecule has 0 radical (unpaired) electrons. The van der Waals surface area contributed by atoms with Crippen molar-refractivity contribution in [1.82, 2.24) is 4.90 Å². The third-order valence-corrected chi connectivity index (χ3v) is 4.15. The van der Waals surface area contributed by atoms with Crippen molar-refractivity contribution in [2.24, 2.45) is 0 Å². The highest BCUT2D eigenvalue weighted by Gasteiger charge is 2.25. The maximum Gasteiger partial charge on any atom is 0.253 e. The van der Waals surface area contributed by atoms with Crippen LogP contribution in [0.25, 0.3) is 0 Å². The zero-order chi connectivity index (χ0) is 11.7. The number of carbonyl (C=O) groups is 1. The van der Waals surface area contributed by atoms with E-state index in [2.05, 4.69) is 15.9 Å². The molecule has 1 amide bonds. The van der Waals surface area contributed by atoms with E-state index in [4.69, 9.17) is 23.2 Å². The van der Waals surface area contributed by atoms with E-state index in [0.717, 1.165) is 17.4 Å². The Bertz CT molecular complexity index is 424. The number of amides is 1. The van der Waals surface area contributed by atoms with Crippen molar-refractivity contribution in [2.75, 3.05) is 13.1 Å². The van der Waals surface area contributed by atoms with E-state index in [-0.39, 0.29) is 11.3 Å². The lowest BCUT2D eigenvalue weighted by Gasteiger charge is -2.15. The highest BCUT2D eigenvalue weighted by molar-refractivity contribution is 9.10. The summed E-state index contributed by atoms with van der Waals surface area (Å²) in [6, 6.07) is 5.19. The summed E-state index contributed by atoms with van der Waals surface area (Å²) in [6.07, 6.45) is 0.863. The van der Waals surface area contributed by atoms with Crippen LogP contribution >= 0.6 is 39.1 Å². The monoisotopic (exact) mass is 321 g/mol. The zero-order valence-corrected chi connectivity index (χ0v) is 11.5. The van der Waals surface area contributed by atoms with E-state index in [9.17, 15) is 4.79 Å². The zero-order valence-electron chi connectivity index (χ0n) is 8.42. The topological polar surface area (TPSA) is 20.3 Å². The molecule has 0 aromatic heterocycles. The number of hydrogen-bond acceptors (Lipinski definition) is 1. The molecular weight excluding hydrogens is 313 g/mol. The molecule has 1 aliphatic heterocycles. The highest BCUT2D eigenvalue weighted by Crippen LogP contribution is 2.25. The third kappa shape index (κ3) is 2.53. The summed E-state index contributed by atoms with van der Waals surface area (Å²) in [5.41, 5.74) is 0.641. The molecule has 5 heteroatoms. The number of alkyl halides is 1. The molecule has 0 bridgehead atoms. The Morgan fingerprint density at radius 3 is 2.81 bits per heavy atom. The van der Waals surface area contributed by atoms with Crippen LogP contribution in [0.1, 0.15) is 16.8 Å². The second-order valence-electron chi connectivity index (χ2n) is 3.77. The molecule has 0 N–H and O–H groups in total. The van der Waals surface area contributed by atoms with Crippen LogP contribution < -0.4 is 0 Å². The van der Waals surface area contributed by atoms with Crippen LogP contribution in [0, 0.1) is 0 Å². The van der Waals surface area contributed by atoms with Crippen molar-refractivity contribution in [2.45, 2.75) is 11.8 Å². The van der Waals surface area contributed by atoms with Crippen molar-refractivity contribution < 1.29 is 4.79 Å². The van der Waals surface area contributed by atoms with E-state index < -0.39 is 0 Å². The normalized spacial score (nSPS) is 20.2. The summed E-state index contributed by atoms with van der Waals surface area (Å²) in [5, 5.41) is 0.688. The quantitative estimate of drug-likeness (QED) is 0.724. The van der Waals surface area contributed by atoms with E-state index in [1.165, 1.54) is 0 Å². The fourth-order valence-electron chi connectivity index (χ4n) is 1.71. The van der Waals surface area contributed by atoms with Gasteiger partial charge in [0, 0.05) is 23.1 Å². The van der Waals surface area contributed by atoms with Gasteiger partial charge in [0.05, 0.1) is 10.4 Å². The lowest BCUT2D eigenvalue weighted by Crippen LogP contribution is -2.28.